The quantitative estimate of drug-likeness (QED) is 0.111. The zero-order valence-corrected chi connectivity index (χ0v) is 31.3. The van der Waals surface area contributed by atoms with Crippen molar-refractivity contribution in [3.8, 4) is 28.3 Å². The maximum Gasteiger partial charge on any atom is 0.310 e. The van der Waals surface area contributed by atoms with Gasteiger partial charge in [0.05, 0.1) is 12.7 Å². The third-order valence-electron chi connectivity index (χ3n) is 9.83. The fourth-order valence-corrected chi connectivity index (χ4v) is 6.46. The van der Waals surface area contributed by atoms with Crippen molar-refractivity contribution in [3.05, 3.63) is 102 Å². The summed E-state index contributed by atoms with van der Waals surface area (Å²) < 4.78 is 5.90. The number of unbranched alkanes of at least 4 members (excludes halogenated alkanes) is 4. The predicted molar refractivity (Wildman–Crippen MR) is 206 cm³/mol. The first-order valence-electron chi connectivity index (χ1n) is 18.7. The number of aliphatic hydroxyl groups excluding tert-OH is 1. The van der Waals surface area contributed by atoms with E-state index in [1.54, 1.807) is 24.5 Å². The van der Waals surface area contributed by atoms with Crippen molar-refractivity contribution in [1.29, 1.82) is 0 Å². The number of nitrogens with one attached hydrogen (secondary N) is 1. The van der Waals surface area contributed by atoms with Crippen LogP contribution in [-0.4, -0.2) is 74.7 Å². The number of carbonyl (C=O) groups is 3. The van der Waals surface area contributed by atoms with Gasteiger partial charge in [0.15, 0.2) is 5.82 Å². The topological polar surface area (TPSA) is 142 Å². The Bertz CT molecular complexity index is 1800. The van der Waals surface area contributed by atoms with Crippen LogP contribution in [0.3, 0.4) is 0 Å². The Morgan fingerprint density at radius 2 is 1.51 bits per heavy atom. The number of carbonyl (C=O) groups excluding carboxylic acids is 2. The maximum atomic E-state index is 13.9. The molecule has 4 aromatic rings. The second kappa shape index (κ2) is 18.1. The third kappa shape index (κ3) is 10.7. The van der Waals surface area contributed by atoms with E-state index < -0.39 is 35.8 Å². The molecule has 1 aliphatic rings. The second-order valence-corrected chi connectivity index (χ2v) is 14.9. The molecule has 10 nitrogen and oxygen atoms in total. The number of carboxylic acid groups (broad SMARTS) is 1. The van der Waals surface area contributed by atoms with Crippen molar-refractivity contribution in [2.45, 2.75) is 90.2 Å². The summed E-state index contributed by atoms with van der Waals surface area (Å²) in [6.07, 6.45) is 8.85. The van der Waals surface area contributed by atoms with Gasteiger partial charge in [-0.2, -0.15) is 0 Å². The van der Waals surface area contributed by atoms with Crippen molar-refractivity contribution in [1.82, 2.24) is 20.2 Å². The van der Waals surface area contributed by atoms with Crippen LogP contribution in [0, 0.1) is 5.92 Å². The highest BCUT2D eigenvalue weighted by atomic mass is 16.5. The molecular formula is C43H52N4O6. The molecule has 3 aromatic carbocycles. The molecule has 1 fully saturated rings. The van der Waals surface area contributed by atoms with E-state index >= 15 is 0 Å². The number of aliphatic hydroxyl groups is 1. The Hall–Kier alpha value is -5.09. The van der Waals surface area contributed by atoms with Gasteiger partial charge in [0.2, 0.25) is 5.91 Å². The lowest BCUT2D eigenvalue weighted by molar-refractivity contribution is -0.152. The minimum absolute atomic E-state index is 0.0824. The summed E-state index contributed by atoms with van der Waals surface area (Å²) in [4.78, 5) is 49.8. The lowest BCUT2D eigenvalue weighted by atomic mass is 9.86. The van der Waals surface area contributed by atoms with Gasteiger partial charge in [-0.3, -0.25) is 14.4 Å². The summed E-state index contributed by atoms with van der Waals surface area (Å²) in [5.74, 6) is -1.66. The SMILES string of the molecule is CCCCCCCOc1ccc(-c2cnc(-c3ccc(CC(NC(=O)c4ccc(C(C)(C)C)cc4)C(=O)N4CCC(O)C(C(=O)O)C4)cc3)nc2)cc1. The van der Waals surface area contributed by atoms with Gasteiger partial charge in [-0.15, -0.1) is 0 Å². The summed E-state index contributed by atoms with van der Waals surface area (Å²) in [6.45, 7) is 9.27. The number of hydrogen-bond donors (Lipinski definition) is 3. The number of carboxylic acids is 1. The molecular weight excluding hydrogens is 668 g/mol. The Morgan fingerprint density at radius 3 is 2.13 bits per heavy atom. The molecule has 3 N–H and O–H groups in total. The summed E-state index contributed by atoms with van der Waals surface area (Å²) in [5.41, 5.74) is 4.88. The molecule has 1 aromatic heterocycles. The third-order valence-corrected chi connectivity index (χ3v) is 9.83. The van der Waals surface area contributed by atoms with E-state index in [0.29, 0.717) is 18.0 Å². The van der Waals surface area contributed by atoms with Crippen LogP contribution in [0.4, 0.5) is 0 Å². The first-order chi connectivity index (χ1) is 25.4. The highest BCUT2D eigenvalue weighted by molar-refractivity contribution is 5.97. The van der Waals surface area contributed by atoms with E-state index in [0.717, 1.165) is 40.0 Å². The predicted octanol–water partition coefficient (Wildman–Crippen LogP) is 7.09. The number of likely N-dealkylation sites (tertiary alicyclic amines) is 1. The second-order valence-electron chi connectivity index (χ2n) is 14.9. The highest BCUT2D eigenvalue weighted by Gasteiger charge is 2.37. The smallest absolute Gasteiger partial charge is 0.310 e. The zero-order valence-electron chi connectivity index (χ0n) is 31.3. The molecule has 1 aliphatic heterocycles. The number of aromatic nitrogens is 2. The van der Waals surface area contributed by atoms with Gasteiger partial charge in [0, 0.05) is 48.6 Å². The molecule has 2 amide bonds. The number of aliphatic carboxylic acids is 1. The van der Waals surface area contributed by atoms with Crippen LogP contribution in [0.5, 0.6) is 5.75 Å². The number of amides is 2. The number of ether oxygens (including phenoxy) is 1. The lowest BCUT2D eigenvalue weighted by Gasteiger charge is -2.36. The number of benzene rings is 3. The van der Waals surface area contributed by atoms with Crippen molar-refractivity contribution < 1.29 is 29.3 Å². The number of nitrogens with zero attached hydrogens (tertiary/aromatic N) is 3. The van der Waals surface area contributed by atoms with Crippen molar-refractivity contribution in [2.24, 2.45) is 5.92 Å². The van der Waals surface area contributed by atoms with Crippen LogP contribution in [0.1, 0.15) is 87.7 Å². The zero-order chi connectivity index (χ0) is 38.0. The molecule has 3 unspecified atom stereocenters. The van der Waals surface area contributed by atoms with Crippen LogP contribution in [0.25, 0.3) is 22.5 Å². The van der Waals surface area contributed by atoms with E-state index in [2.05, 4.69) is 43.0 Å². The highest BCUT2D eigenvalue weighted by Crippen LogP contribution is 2.25. The maximum absolute atomic E-state index is 13.9. The molecule has 2 heterocycles. The molecule has 0 radical (unpaired) electrons. The largest absolute Gasteiger partial charge is 0.494 e. The molecule has 280 valence electrons. The molecule has 0 spiro atoms. The average molecular weight is 721 g/mol. The Kier molecular flexibility index (Phi) is 13.4. The van der Waals surface area contributed by atoms with E-state index in [4.69, 9.17) is 4.74 Å². The fourth-order valence-electron chi connectivity index (χ4n) is 6.46. The van der Waals surface area contributed by atoms with E-state index in [1.807, 2.05) is 60.7 Å². The van der Waals surface area contributed by atoms with Crippen molar-refractivity contribution in [2.75, 3.05) is 19.7 Å². The minimum Gasteiger partial charge on any atom is -0.494 e. The standard InChI is InChI=1S/C43H52N4O6/c1-5-6-7-8-9-24-53-35-20-16-30(17-21-35)33-26-44-39(45-27-33)31-12-10-29(11-13-31)25-37(41(50)47-23-22-38(48)36(28-47)42(51)52)46-40(49)32-14-18-34(19-15-32)43(2,3)4/h10-21,26-27,36-38,48H,5-9,22-25,28H2,1-4H3,(H,46,49)(H,51,52). The van der Waals surface area contributed by atoms with Crippen LogP contribution < -0.4 is 10.1 Å². The van der Waals surface area contributed by atoms with Crippen molar-refractivity contribution in [3.63, 3.8) is 0 Å². The fraction of sp³-hybridized carbons (Fsp3) is 0.419. The lowest BCUT2D eigenvalue weighted by Crippen LogP contribution is -2.55. The summed E-state index contributed by atoms with van der Waals surface area (Å²) in [7, 11) is 0. The monoisotopic (exact) mass is 720 g/mol. The van der Waals surface area contributed by atoms with Gasteiger partial charge in [-0.25, -0.2) is 9.97 Å². The van der Waals surface area contributed by atoms with Gasteiger partial charge in [-0.1, -0.05) is 102 Å². The summed E-state index contributed by atoms with van der Waals surface area (Å²) >= 11 is 0. The molecule has 0 saturated carbocycles. The first-order valence-corrected chi connectivity index (χ1v) is 18.7. The average Bonchev–Trinajstić information content (AvgIpc) is 3.16. The molecule has 0 bridgehead atoms. The molecule has 53 heavy (non-hydrogen) atoms. The van der Waals surface area contributed by atoms with Crippen LogP contribution in [0.15, 0.2) is 85.2 Å². The van der Waals surface area contributed by atoms with Gasteiger partial charge >= 0.3 is 5.97 Å². The minimum atomic E-state index is -1.16. The molecule has 10 heteroatoms. The number of rotatable bonds is 15. The van der Waals surface area contributed by atoms with Gasteiger partial charge < -0.3 is 25.2 Å². The van der Waals surface area contributed by atoms with Crippen LogP contribution in [0.2, 0.25) is 0 Å². The van der Waals surface area contributed by atoms with Crippen molar-refractivity contribution >= 4 is 17.8 Å². The Labute approximate surface area is 312 Å². The number of piperidine rings is 1. The summed E-state index contributed by atoms with van der Waals surface area (Å²) in [5, 5.41) is 22.8. The molecule has 1 saturated heterocycles. The van der Waals surface area contributed by atoms with Crippen LogP contribution in [-0.2, 0) is 21.4 Å². The van der Waals surface area contributed by atoms with Gasteiger partial charge in [0.25, 0.3) is 5.91 Å². The van der Waals surface area contributed by atoms with Crippen LogP contribution >= 0.6 is 0 Å². The molecule has 0 aliphatic carbocycles. The van der Waals surface area contributed by atoms with E-state index in [-0.39, 0.29) is 31.3 Å². The molecule has 5 rings (SSSR count). The van der Waals surface area contributed by atoms with Gasteiger partial charge in [-0.05, 0) is 59.2 Å². The first kappa shape index (κ1) is 39.1. The Morgan fingerprint density at radius 1 is 0.868 bits per heavy atom. The van der Waals surface area contributed by atoms with Gasteiger partial charge in [0.1, 0.15) is 17.7 Å². The Balaban J connectivity index is 1.25. The van der Waals surface area contributed by atoms with E-state index in [1.165, 1.54) is 30.6 Å². The normalized spacial score (nSPS) is 16.5. The molecule has 3 atom stereocenters. The summed E-state index contributed by atoms with van der Waals surface area (Å²) in [6, 6.07) is 21.8. The number of hydrogen-bond acceptors (Lipinski definition) is 7. The van der Waals surface area contributed by atoms with E-state index in [9.17, 15) is 24.6 Å².